The molecule has 0 amide bonds. The average molecular weight is 379 g/mol. The highest BCUT2D eigenvalue weighted by Gasteiger charge is 2.36. The topological polar surface area (TPSA) is 0 Å². The number of benzene rings is 3. The van der Waals surface area contributed by atoms with E-state index in [9.17, 15) is 0 Å². The van der Waals surface area contributed by atoms with Crippen LogP contribution in [0.15, 0.2) is 72.3 Å². The largest absolute Gasteiger partial charge is 0.0779 e. The van der Waals surface area contributed by atoms with Gasteiger partial charge in [0.1, 0.15) is 0 Å². The summed E-state index contributed by atoms with van der Waals surface area (Å²) in [5.41, 5.74) is 10.4. The second-order valence-electron chi connectivity index (χ2n) is 10.3. The lowest BCUT2D eigenvalue weighted by atomic mass is 9.64. The van der Waals surface area contributed by atoms with Gasteiger partial charge < -0.3 is 0 Å². The van der Waals surface area contributed by atoms with Crippen LogP contribution >= 0.6 is 0 Å². The number of rotatable bonds is 1. The molecule has 0 saturated carbocycles. The van der Waals surface area contributed by atoms with E-state index in [1.807, 2.05) is 0 Å². The van der Waals surface area contributed by atoms with E-state index < -0.39 is 0 Å². The van der Waals surface area contributed by atoms with Gasteiger partial charge in [-0.2, -0.15) is 0 Å². The van der Waals surface area contributed by atoms with E-state index >= 15 is 0 Å². The highest BCUT2D eigenvalue weighted by molar-refractivity contribution is 6.02. The van der Waals surface area contributed by atoms with Gasteiger partial charge in [0.15, 0.2) is 0 Å². The first kappa shape index (κ1) is 18.4. The molecule has 2 aliphatic rings. The van der Waals surface area contributed by atoms with Crippen molar-refractivity contribution in [1.29, 1.82) is 0 Å². The monoisotopic (exact) mass is 378 g/mol. The predicted molar refractivity (Wildman–Crippen MR) is 126 cm³/mol. The van der Waals surface area contributed by atoms with E-state index in [4.69, 9.17) is 0 Å². The zero-order chi connectivity index (χ0) is 20.4. The van der Waals surface area contributed by atoms with Gasteiger partial charge in [0.2, 0.25) is 0 Å². The first-order valence-electron chi connectivity index (χ1n) is 10.8. The lowest BCUT2D eigenvalue weighted by molar-refractivity contribution is 0.429. The van der Waals surface area contributed by atoms with Crippen molar-refractivity contribution in [3.05, 3.63) is 89.0 Å². The molecule has 0 heterocycles. The molecule has 3 aromatic carbocycles. The SMILES string of the molecule is Cc1ccc(-c2cccc3c4c(ccc23)C2=C(CC(C)(C)C=C2)CC4(C)C)cc1. The van der Waals surface area contributed by atoms with E-state index in [1.165, 1.54) is 50.6 Å². The normalized spacial score (nSPS) is 19.2. The molecule has 146 valence electrons. The molecule has 0 N–H and O–H groups in total. The van der Waals surface area contributed by atoms with Gasteiger partial charge in [-0.1, -0.05) is 106 Å². The third-order valence-electron chi connectivity index (χ3n) is 6.80. The van der Waals surface area contributed by atoms with Gasteiger partial charge in [0.05, 0.1) is 0 Å². The summed E-state index contributed by atoms with van der Waals surface area (Å²) in [7, 11) is 0. The molecular weight excluding hydrogens is 348 g/mol. The van der Waals surface area contributed by atoms with Crippen LogP contribution in [0.5, 0.6) is 0 Å². The summed E-state index contributed by atoms with van der Waals surface area (Å²) in [6.07, 6.45) is 7.11. The Hall–Kier alpha value is -2.60. The van der Waals surface area contributed by atoms with Crippen LogP contribution in [0.25, 0.3) is 27.5 Å². The maximum Gasteiger partial charge on any atom is -0.00538 e. The van der Waals surface area contributed by atoms with Crippen LogP contribution in [-0.2, 0) is 5.41 Å². The van der Waals surface area contributed by atoms with Crippen LogP contribution in [0.2, 0.25) is 0 Å². The second kappa shape index (κ2) is 6.20. The molecule has 0 saturated heterocycles. The van der Waals surface area contributed by atoms with Crippen molar-refractivity contribution >= 4 is 16.3 Å². The molecule has 0 bridgehead atoms. The van der Waals surface area contributed by atoms with Gasteiger partial charge in [-0.15, -0.1) is 0 Å². The lowest BCUT2D eigenvalue weighted by Crippen LogP contribution is -2.27. The smallest absolute Gasteiger partial charge is 0.00538 e. The Morgan fingerprint density at radius 3 is 2.24 bits per heavy atom. The molecule has 5 rings (SSSR count). The molecule has 2 aliphatic carbocycles. The molecule has 0 atom stereocenters. The van der Waals surface area contributed by atoms with Crippen LogP contribution in [0.4, 0.5) is 0 Å². The van der Waals surface area contributed by atoms with Crippen molar-refractivity contribution in [2.24, 2.45) is 5.41 Å². The molecule has 0 radical (unpaired) electrons. The Labute approximate surface area is 175 Å². The molecule has 0 nitrogen and oxygen atoms in total. The van der Waals surface area contributed by atoms with Crippen molar-refractivity contribution in [3.63, 3.8) is 0 Å². The highest BCUT2D eigenvalue weighted by Crippen LogP contribution is 2.51. The molecule has 0 unspecified atom stereocenters. The van der Waals surface area contributed by atoms with Crippen LogP contribution < -0.4 is 0 Å². The zero-order valence-electron chi connectivity index (χ0n) is 18.3. The van der Waals surface area contributed by atoms with Gasteiger partial charge in [-0.05, 0) is 69.2 Å². The predicted octanol–water partition coefficient (Wildman–Crippen LogP) is 8.24. The average Bonchev–Trinajstić information content (AvgIpc) is 2.66. The Morgan fingerprint density at radius 2 is 1.48 bits per heavy atom. The summed E-state index contributed by atoms with van der Waals surface area (Å²) >= 11 is 0. The maximum atomic E-state index is 2.43. The maximum absolute atomic E-state index is 2.43. The number of fused-ring (bicyclic) bond motifs is 4. The Kier molecular flexibility index (Phi) is 3.94. The number of aryl methyl sites for hydroxylation is 1. The van der Waals surface area contributed by atoms with E-state index in [0.29, 0.717) is 0 Å². The first-order valence-corrected chi connectivity index (χ1v) is 10.8. The first-order chi connectivity index (χ1) is 13.8. The van der Waals surface area contributed by atoms with Crippen LogP contribution in [0, 0.1) is 12.3 Å². The quantitative estimate of drug-likeness (QED) is 0.400. The summed E-state index contributed by atoms with van der Waals surface area (Å²) in [6, 6.07) is 20.5. The standard InChI is InChI=1S/C29H30/c1-19-9-11-20(12-10-19)22-7-6-8-25-24(22)13-14-26-23-15-16-28(2,3)17-21(23)18-29(4,5)27(25)26/h6-16H,17-18H2,1-5H3. The minimum atomic E-state index is 0.140. The number of allylic oxidation sites excluding steroid dienone is 4. The van der Waals surface area contributed by atoms with E-state index in [-0.39, 0.29) is 10.8 Å². The molecule has 29 heavy (non-hydrogen) atoms. The fraction of sp³-hybridized carbons (Fsp3) is 0.310. The van der Waals surface area contributed by atoms with E-state index in [1.54, 1.807) is 5.57 Å². The molecule has 0 aliphatic heterocycles. The Morgan fingerprint density at radius 1 is 0.724 bits per heavy atom. The fourth-order valence-corrected chi connectivity index (χ4v) is 5.49. The van der Waals surface area contributed by atoms with Crippen molar-refractivity contribution in [2.75, 3.05) is 0 Å². The minimum absolute atomic E-state index is 0.140. The summed E-state index contributed by atoms with van der Waals surface area (Å²) in [5, 5.41) is 2.78. The van der Waals surface area contributed by atoms with Crippen LogP contribution in [-0.4, -0.2) is 0 Å². The minimum Gasteiger partial charge on any atom is -0.0779 e. The molecule has 0 aromatic heterocycles. The van der Waals surface area contributed by atoms with Gasteiger partial charge in [-0.25, -0.2) is 0 Å². The Bertz CT molecular complexity index is 1180. The van der Waals surface area contributed by atoms with Gasteiger partial charge in [-0.3, -0.25) is 0 Å². The van der Waals surface area contributed by atoms with Gasteiger partial charge >= 0.3 is 0 Å². The molecule has 0 heteroatoms. The zero-order valence-corrected chi connectivity index (χ0v) is 18.3. The second-order valence-corrected chi connectivity index (χ2v) is 10.3. The molecule has 0 fully saturated rings. The van der Waals surface area contributed by atoms with E-state index in [2.05, 4.69) is 101 Å². The molecule has 0 spiro atoms. The van der Waals surface area contributed by atoms with Crippen molar-refractivity contribution in [2.45, 2.75) is 52.9 Å². The summed E-state index contributed by atoms with van der Waals surface area (Å²) in [5.74, 6) is 0. The highest BCUT2D eigenvalue weighted by atomic mass is 14.4. The van der Waals surface area contributed by atoms with E-state index in [0.717, 1.165) is 6.42 Å². The van der Waals surface area contributed by atoms with Gasteiger partial charge in [0, 0.05) is 0 Å². The molecule has 3 aromatic rings. The number of hydrogen-bond acceptors (Lipinski definition) is 0. The Balaban J connectivity index is 1.77. The summed E-state index contributed by atoms with van der Waals surface area (Å²) < 4.78 is 0. The molecular formula is C29H30. The van der Waals surface area contributed by atoms with Crippen molar-refractivity contribution in [1.82, 2.24) is 0 Å². The van der Waals surface area contributed by atoms with Crippen LogP contribution in [0.1, 0.15) is 57.2 Å². The summed E-state index contributed by atoms with van der Waals surface area (Å²) in [6.45, 7) is 11.7. The third-order valence-corrected chi connectivity index (χ3v) is 6.80. The number of hydrogen-bond donors (Lipinski definition) is 0. The van der Waals surface area contributed by atoms with Gasteiger partial charge in [0.25, 0.3) is 0 Å². The summed E-state index contributed by atoms with van der Waals surface area (Å²) in [4.78, 5) is 0. The third kappa shape index (κ3) is 2.97. The van der Waals surface area contributed by atoms with Crippen molar-refractivity contribution in [3.8, 4) is 11.1 Å². The van der Waals surface area contributed by atoms with Crippen LogP contribution in [0.3, 0.4) is 0 Å². The van der Waals surface area contributed by atoms with Crippen molar-refractivity contribution < 1.29 is 0 Å². The fourth-order valence-electron chi connectivity index (χ4n) is 5.49. The lowest BCUT2D eigenvalue weighted by Gasteiger charge is -2.40.